The van der Waals surface area contributed by atoms with Crippen LogP contribution in [0.25, 0.3) is 0 Å². The monoisotopic (exact) mass is 955 g/mol. The minimum absolute atomic E-state index is 0.119. The van der Waals surface area contributed by atoms with Gasteiger partial charge in [-0.05, 0) is 141 Å². The third-order valence-electron chi connectivity index (χ3n) is 11.4. The van der Waals surface area contributed by atoms with E-state index in [0.29, 0.717) is 19.3 Å². The molecule has 0 unspecified atom stereocenters. The molecule has 6 heteroatoms. The van der Waals surface area contributed by atoms with Crippen molar-refractivity contribution >= 4 is 17.9 Å². The van der Waals surface area contributed by atoms with Crippen LogP contribution in [0.5, 0.6) is 0 Å². The van der Waals surface area contributed by atoms with Gasteiger partial charge in [0.2, 0.25) is 0 Å². The summed E-state index contributed by atoms with van der Waals surface area (Å²) in [5, 5.41) is 0. The molecule has 1 atom stereocenters. The highest BCUT2D eigenvalue weighted by atomic mass is 16.6. The minimum atomic E-state index is -0.825. The molecule has 0 bridgehead atoms. The fraction of sp³-hybridized carbons (Fsp3) is 0.635. The molecular formula is C63H102O6. The van der Waals surface area contributed by atoms with Gasteiger partial charge in [-0.2, -0.15) is 0 Å². The molecular weight excluding hydrogens is 853 g/mol. The van der Waals surface area contributed by atoms with Crippen LogP contribution in [0.4, 0.5) is 0 Å². The molecule has 390 valence electrons. The molecule has 0 aliphatic rings. The molecule has 0 N–H and O–H groups in total. The van der Waals surface area contributed by atoms with Gasteiger partial charge in [-0.1, -0.05) is 200 Å². The molecule has 0 aliphatic carbocycles. The number of hydrogen-bond acceptors (Lipinski definition) is 6. The van der Waals surface area contributed by atoms with Gasteiger partial charge in [-0.15, -0.1) is 0 Å². The lowest BCUT2D eigenvalue weighted by atomic mass is 10.1. The lowest BCUT2D eigenvalue weighted by Crippen LogP contribution is -2.30. The molecule has 69 heavy (non-hydrogen) atoms. The van der Waals surface area contributed by atoms with E-state index in [0.717, 1.165) is 116 Å². The Balaban J connectivity index is 4.56. The second-order valence-electron chi connectivity index (χ2n) is 18.1. The van der Waals surface area contributed by atoms with Crippen LogP contribution in [0.2, 0.25) is 0 Å². The topological polar surface area (TPSA) is 78.9 Å². The van der Waals surface area contributed by atoms with Gasteiger partial charge in [0.05, 0.1) is 0 Å². The third-order valence-corrected chi connectivity index (χ3v) is 11.4. The number of allylic oxidation sites excluding steroid dienone is 20. The smallest absolute Gasteiger partial charge is 0.306 e. The first kappa shape index (κ1) is 64.8. The number of unbranched alkanes of at least 4 members (excludes halogenated alkanes) is 18. The van der Waals surface area contributed by atoms with Crippen molar-refractivity contribution in [1.29, 1.82) is 0 Å². The maximum atomic E-state index is 12.8. The summed E-state index contributed by atoms with van der Waals surface area (Å²) in [4.78, 5) is 38.1. The van der Waals surface area contributed by atoms with Gasteiger partial charge >= 0.3 is 17.9 Å². The van der Waals surface area contributed by atoms with E-state index in [4.69, 9.17) is 14.2 Å². The van der Waals surface area contributed by atoms with Crippen LogP contribution < -0.4 is 0 Å². The summed E-state index contributed by atoms with van der Waals surface area (Å²) in [5.74, 6) is -1.01. The molecule has 0 heterocycles. The average Bonchev–Trinajstić information content (AvgIpc) is 3.35. The van der Waals surface area contributed by atoms with Crippen LogP contribution in [-0.4, -0.2) is 37.2 Å². The Labute approximate surface area is 424 Å². The number of ether oxygens (including phenoxy) is 3. The summed E-state index contributed by atoms with van der Waals surface area (Å²) in [5.41, 5.74) is 0. The highest BCUT2D eigenvalue weighted by molar-refractivity contribution is 5.71. The van der Waals surface area contributed by atoms with E-state index in [-0.39, 0.29) is 37.5 Å². The average molecular weight is 956 g/mol. The van der Waals surface area contributed by atoms with Crippen molar-refractivity contribution in [2.45, 2.75) is 245 Å². The van der Waals surface area contributed by atoms with Crippen molar-refractivity contribution in [2.24, 2.45) is 0 Å². The summed E-state index contributed by atoms with van der Waals surface area (Å²) in [7, 11) is 0. The Morgan fingerprint density at radius 1 is 0.290 bits per heavy atom. The van der Waals surface area contributed by atoms with E-state index in [9.17, 15) is 14.4 Å². The Kier molecular flexibility index (Phi) is 53.0. The van der Waals surface area contributed by atoms with Crippen LogP contribution in [0.3, 0.4) is 0 Å². The maximum Gasteiger partial charge on any atom is 0.306 e. The zero-order valence-electron chi connectivity index (χ0n) is 44.5. The predicted octanol–water partition coefficient (Wildman–Crippen LogP) is 18.9. The van der Waals surface area contributed by atoms with E-state index in [1.54, 1.807) is 0 Å². The van der Waals surface area contributed by atoms with Crippen LogP contribution in [0.15, 0.2) is 122 Å². The van der Waals surface area contributed by atoms with Crippen LogP contribution in [0.1, 0.15) is 239 Å². The molecule has 0 amide bonds. The number of carbonyl (C=O) groups is 3. The standard InChI is InChI=1S/C63H102O6/c1-4-7-10-13-16-19-22-25-28-30-31-33-36-38-41-44-47-50-53-56-62(65)68-59-60(69-63(66)57-54-51-48-45-42-39-34-27-24-21-18-15-12-9-6-3)58-67-61(64)55-52-49-46-43-40-37-35-32-29-26-23-20-17-14-11-8-5-2/h16-21,25-29,31,33-35,37-38,41-42,45,60H,4-15,22-24,30,32,36,39-40,43-44,46-59H2,1-3H3/b19-16-,20-17-,21-18-,28-25-,29-26-,33-31-,34-27-,37-35-,41-38-,45-42-/t60-/m0/s1. The fourth-order valence-electron chi connectivity index (χ4n) is 7.14. The molecule has 0 aromatic heterocycles. The first-order valence-corrected chi connectivity index (χ1v) is 28.0. The van der Waals surface area contributed by atoms with Crippen molar-refractivity contribution in [3.05, 3.63) is 122 Å². The van der Waals surface area contributed by atoms with Gasteiger partial charge in [-0.3, -0.25) is 14.4 Å². The molecule has 0 aromatic rings. The summed E-state index contributed by atoms with van der Waals surface area (Å²) in [6, 6.07) is 0. The first-order chi connectivity index (χ1) is 34.0. The highest BCUT2D eigenvalue weighted by Gasteiger charge is 2.19. The van der Waals surface area contributed by atoms with Crippen molar-refractivity contribution in [2.75, 3.05) is 13.2 Å². The number of rotatable bonds is 49. The van der Waals surface area contributed by atoms with E-state index >= 15 is 0 Å². The van der Waals surface area contributed by atoms with E-state index < -0.39 is 6.10 Å². The summed E-state index contributed by atoms with van der Waals surface area (Å²) in [6.45, 7) is 6.46. The summed E-state index contributed by atoms with van der Waals surface area (Å²) < 4.78 is 16.8. The molecule has 0 spiro atoms. The minimum Gasteiger partial charge on any atom is -0.462 e. The number of hydrogen-bond donors (Lipinski definition) is 0. The fourth-order valence-corrected chi connectivity index (χ4v) is 7.14. The van der Waals surface area contributed by atoms with Crippen molar-refractivity contribution in [3.8, 4) is 0 Å². The quantitative estimate of drug-likeness (QED) is 0.0262. The van der Waals surface area contributed by atoms with Gasteiger partial charge in [-0.25, -0.2) is 0 Å². The lowest BCUT2D eigenvalue weighted by molar-refractivity contribution is -0.167. The normalized spacial score (nSPS) is 13.0. The van der Waals surface area contributed by atoms with Crippen LogP contribution >= 0.6 is 0 Å². The van der Waals surface area contributed by atoms with E-state index in [1.165, 1.54) is 77.0 Å². The second kappa shape index (κ2) is 56.4. The number of esters is 3. The molecule has 0 saturated carbocycles. The van der Waals surface area contributed by atoms with Gasteiger partial charge in [0.25, 0.3) is 0 Å². The molecule has 0 aliphatic heterocycles. The molecule has 0 saturated heterocycles. The Hall–Kier alpha value is -4.19. The predicted molar refractivity (Wildman–Crippen MR) is 297 cm³/mol. The molecule has 0 rings (SSSR count). The maximum absolute atomic E-state index is 12.8. The van der Waals surface area contributed by atoms with Gasteiger partial charge in [0, 0.05) is 19.3 Å². The zero-order valence-corrected chi connectivity index (χ0v) is 44.5. The Bertz CT molecular complexity index is 1470. The zero-order chi connectivity index (χ0) is 50.0. The Morgan fingerprint density at radius 3 is 0.841 bits per heavy atom. The third kappa shape index (κ3) is 54.6. The van der Waals surface area contributed by atoms with Crippen LogP contribution in [0, 0.1) is 0 Å². The van der Waals surface area contributed by atoms with Crippen LogP contribution in [-0.2, 0) is 28.6 Å². The first-order valence-electron chi connectivity index (χ1n) is 28.0. The number of carbonyl (C=O) groups excluding carboxylic acids is 3. The molecule has 0 fully saturated rings. The van der Waals surface area contributed by atoms with Crippen molar-refractivity contribution in [3.63, 3.8) is 0 Å². The SMILES string of the molecule is CCCCC/C=C\C/C=C\C/C=C\C/C=C\CCCCCC(=O)OC[C@H](COC(=O)CCCCCC/C=C\C/C=C\C/C=C\CCCCC)OC(=O)CCCC/C=C\C/C=C\C/C=C\CCCCC. The van der Waals surface area contributed by atoms with Gasteiger partial charge in [0.15, 0.2) is 6.10 Å². The van der Waals surface area contributed by atoms with Crippen molar-refractivity contribution in [1.82, 2.24) is 0 Å². The summed E-state index contributed by atoms with van der Waals surface area (Å²) in [6.07, 6.45) is 77.5. The highest BCUT2D eigenvalue weighted by Crippen LogP contribution is 2.12. The van der Waals surface area contributed by atoms with E-state index in [1.807, 2.05) is 0 Å². The molecule has 0 radical (unpaired) electrons. The van der Waals surface area contributed by atoms with E-state index in [2.05, 4.69) is 142 Å². The molecule has 0 aromatic carbocycles. The Morgan fingerprint density at radius 2 is 0.522 bits per heavy atom. The van der Waals surface area contributed by atoms with Gasteiger partial charge in [0.1, 0.15) is 13.2 Å². The molecule has 6 nitrogen and oxygen atoms in total. The van der Waals surface area contributed by atoms with Crippen molar-refractivity contribution < 1.29 is 28.6 Å². The largest absolute Gasteiger partial charge is 0.462 e. The second-order valence-corrected chi connectivity index (χ2v) is 18.1. The lowest BCUT2D eigenvalue weighted by Gasteiger charge is -2.18. The van der Waals surface area contributed by atoms with Gasteiger partial charge < -0.3 is 14.2 Å². The summed E-state index contributed by atoms with van der Waals surface area (Å²) >= 11 is 0.